The number of nitro groups is 1. The number of aromatic nitrogens is 2. The number of non-ortho nitro benzene ring substituents is 1. The van der Waals surface area contributed by atoms with Gasteiger partial charge in [0.05, 0.1) is 25.2 Å². The molecule has 2 aromatic rings. The number of carbonyl (C=O) groups excluding carboxylic acids is 1. The molecule has 0 aliphatic heterocycles. The Morgan fingerprint density at radius 1 is 0.946 bits per heavy atom. The van der Waals surface area contributed by atoms with Gasteiger partial charge in [0.25, 0.3) is 5.69 Å². The summed E-state index contributed by atoms with van der Waals surface area (Å²) in [4.78, 5) is 21.0. The summed E-state index contributed by atoms with van der Waals surface area (Å²) in [5.41, 5.74) is 2.93. The second kappa shape index (κ2) is 21.1. The molecular weight excluding hydrogens is 468 g/mol. The highest BCUT2D eigenvalue weighted by atomic mass is 16.6. The van der Waals surface area contributed by atoms with Crippen LogP contribution in [0.15, 0.2) is 42.6 Å². The molecule has 0 saturated heterocycles. The summed E-state index contributed by atoms with van der Waals surface area (Å²) in [6.45, 7) is 0. The zero-order valence-corrected chi connectivity index (χ0v) is 22.8. The Bertz CT molecular complexity index is 911. The van der Waals surface area contributed by atoms with Gasteiger partial charge >= 0.3 is 0 Å². The van der Waals surface area contributed by atoms with Gasteiger partial charge in [-0.2, -0.15) is 5.10 Å². The molecule has 8 nitrogen and oxygen atoms in total. The molecule has 0 bridgehead atoms. The lowest BCUT2D eigenvalue weighted by Gasteiger charge is -2.04. The largest absolute Gasteiger partial charge is 0.550 e. The van der Waals surface area contributed by atoms with Gasteiger partial charge in [-0.15, -0.1) is 0 Å². The summed E-state index contributed by atoms with van der Waals surface area (Å²) in [7, 11) is 4.00. The van der Waals surface area contributed by atoms with Crippen molar-refractivity contribution in [3.05, 3.63) is 58.4 Å². The minimum absolute atomic E-state index is 0.0996. The molecule has 3 N–H and O–H groups in total. The molecular formula is C29H46N4O4. The van der Waals surface area contributed by atoms with Gasteiger partial charge in [0.1, 0.15) is 0 Å². The van der Waals surface area contributed by atoms with Crippen LogP contribution < -0.4 is 10.4 Å². The number of rotatable bonds is 19. The van der Waals surface area contributed by atoms with Crippen molar-refractivity contribution in [2.75, 3.05) is 14.1 Å². The molecule has 0 radical (unpaired) electrons. The first kappa shape index (κ1) is 32.0. The van der Waals surface area contributed by atoms with E-state index in [4.69, 9.17) is 0 Å². The number of hydrogen-bond donors (Lipinski definition) is 2. The number of quaternary nitrogens is 1. The number of carboxylic acid groups (broad SMARTS) is 1. The Morgan fingerprint density at radius 3 is 2.11 bits per heavy atom. The lowest BCUT2D eigenvalue weighted by Crippen LogP contribution is -2.74. The SMILES string of the molecule is C[NH2+]C.O=C([O-])CCCCCCCC=CCCCCCCCCc1[nH]ncc1-c1cccc([N+](=O)[O-])c1. The minimum Gasteiger partial charge on any atom is -0.550 e. The van der Waals surface area contributed by atoms with Gasteiger partial charge < -0.3 is 15.2 Å². The molecule has 37 heavy (non-hydrogen) atoms. The summed E-state index contributed by atoms with van der Waals surface area (Å²) in [5, 5.41) is 30.6. The van der Waals surface area contributed by atoms with Crippen LogP contribution in [0.1, 0.15) is 95.6 Å². The Morgan fingerprint density at radius 2 is 1.51 bits per heavy atom. The number of aryl methyl sites for hydroxylation is 1. The second-order valence-electron chi connectivity index (χ2n) is 9.46. The number of nitro benzene ring substituents is 1. The molecule has 0 aliphatic carbocycles. The van der Waals surface area contributed by atoms with E-state index in [1.807, 2.05) is 25.5 Å². The summed E-state index contributed by atoms with van der Waals surface area (Å²) >= 11 is 0. The third-order valence-corrected chi connectivity index (χ3v) is 6.05. The first-order valence-corrected chi connectivity index (χ1v) is 13.9. The van der Waals surface area contributed by atoms with Crippen molar-refractivity contribution in [1.82, 2.24) is 10.2 Å². The highest BCUT2D eigenvalue weighted by molar-refractivity contribution is 5.67. The van der Waals surface area contributed by atoms with Crippen LogP contribution in [0.3, 0.4) is 0 Å². The van der Waals surface area contributed by atoms with Crippen LogP contribution in [0.2, 0.25) is 0 Å². The van der Waals surface area contributed by atoms with E-state index in [0.29, 0.717) is 0 Å². The van der Waals surface area contributed by atoms with Crippen molar-refractivity contribution in [2.45, 2.75) is 96.3 Å². The summed E-state index contributed by atoms with van der Waals surface area (Å²) < 4.78 is 0. The number of nitrogens with one attached hydrogen (secondary N) is 1. The Hall–Kier alpha value is -3.00. The number of benzene rings is 1. The van der Waals surface area contributed by atoms with E-state index in [1.165, 1.54) is 51.0 Å². The monoisotopic (exact) mass is 514 g/mol. The van der Waals surface area contributed by atoms with E-state index in [1.54, 1.807) is 18.3 Å². The lowest BCUT2D eigenvalue weighted by atomic mass is 10.0. The average Bonchev–Trinajstić information content (AvgIpc) is 3.35. The molecule has 0 amide bonds. The van der Waals surface area contributed by atoms with Crippen LogP contribution in [0.25, 0.3) is 11.1 Å². The minimum atomic E-state index is -0.939. The highest BCUT2D eigenvalue weighted by Gasteiger charge is 2.11. The zero-order valence-electron chi connectivity index (χ0n) is 22.8. The fourth-order valence-corrected chi connectivity index (χ4v) is 4.11. The Balaban J connectivity index is 0.00000217. The zero-order chi connectivity index (χ0) is 27.1. The molecule has 1 aromatic carbocycles. The fourth-order valence-electron chi connectivity index (χ4n) is 4.11. The molecule has 2 rings (SSSR count). The van der Waals surface area contributed by atoms with Crippen LogP contribution in [-0.2, 0) is 11.2 Å². The van der Waals surface area contributed by atoms with Crippen LogP contribution in [-0.4, -0.2) is 35.2 Å². The topological polar surface area (TPSA) is 129 Å². The van der Waals surface area contributed by atoms with E-state index in [9.17, 15) is 20.0 Å². The number of aliphatic carboxylic acids is 1. The maximum atomic E-state index is 11.0. The normalized spacial score (nSPS) is 10.9. The lowest BCUT2D eigenvalue weighted by molar-refractivity contribution is -0.597. The second-order valence-corrected chi connectivity index (χ2v) is 9.46. The van der Waals surface area contributed by atoms with E-state index in [0.717, 1.165) is 61.8 Å². The third-order valence-electron chi connectivity index (χ3n) is 6.05. The van der Waals surface area contributed by atoms with Gasteiger partial charge in [-0.3, -0.25) is 15.2 Å². The Labute approximate surface area is 222 Å². The van der Waals surface area contributed by atoms with Crippen molar-refractivity contribution in [3.8, 4) is 11.1 Å². The number of hydrogen-bond acceptors (Lipinski definition) is 5. The molecule has 0 spiro atoms. The number of aromatic amines is 1. The first-order valence-electron chi connectivity index (χ1n) is 13.9. The number of allylic oxidation sites excluding steroid dienone is 2. The van der Waals surface area contributed by atoms with Gasteiger partial charge in [-0.05, 0) is 56.9 Å². The third kappa shape index (κ3) is 15.7. The number of carboxylic acids is 1. The Kier molecular flexibility index (Phi) is 18.3. The maximum Gasteiger partial charge on any atom is 0.270 e. The van der Waals surface area contributed by atoms with E-state index >= 15 is 0 Å². The van der Waals surface area contributed by atoms with Crippen LogP contribution in [0, 0.1) is 10.1 Å². The molecule has 0 atom stereocenters. The average molecular weight is 515 g/mol. The number of nitrogens with zero attached hydrogens (tertiary/aromatic N) is 2. The predicted octanol–water partition coefficient (Wildman–Crippen LogP) is 5.10. The van der Waals surface area contributed by atoms with E-state index in [-0.39, 0.29) is 17.0 Å². The van der Waals surface area contributed by atoms with Gasteiger partial charge in [-0.1, -0.05) is 69.2 Å². The quantitative estimate of drug-likeness (QED) is 0.117. The van der Waals surface area contributed by atoms with Crippen LogP contribution in [0.5, 0.6) is 0 Å². The summed E-state index contributed by atoms with van der Waals surface area (Å²) in [6.07, 6.45) is 22.1. The van der Waals surface area contributed by atoms with Gasteiger partial charge in [0.2, 0.25) is 0 Å². The predicted molar refractivity (Wildman–Crippen MR) is 147 cm³/mol. The van der Waals surface area contributed by atoms with Gasteiger partial charge in [0, 0.05) is 29.4 Å². The molecule has 206 valence electrons. The number of H-pyrrole nitrogens is 1. The summed E-state index contributed by atoms with van der Waals surface area (Å²) in [6, 6.07) is 6.71. The van der Waals surface area contributed by atoms with E-state index in [2.05, 4.69) is 22.3 Å². The first-order chi connectivity index (χ1) is 18.0. The molecule has 0 unspecified atom stereocenters. The molecule has 0 saturated carbocycles. The fraction of sp³-hybridized carbons (Fsp3) is 0.586. The molecule has 0 aliphatic rings. The molecule has 1 heterocycles. The van der Waals surface area contributed by atoms with Crippen molar-refractivity contribution in [1.29, 1.82) is 0 Å². The standard InChI is InChI=1S/C27H39N3O4.C2H7N/c31-27(32)20-15-13-11-9-7-5-3-1-2-4-6-8-10-12-14-19-26-25(22-28-29-26)23-17-16-18-24(21-23)30(33)34;1-3-2/h1,3,16-18,21-22H,2,4-15,19-20H2,(H,28,29)(H,31,32);3H,1-2H3. The molecule has 1 aromatic heterocycles. The van der Waals surface area contributed by atoms with Crippen LogP contribution >= 0.6 is 0 Å². The number of nitrogens with two attached hydrogens (primary N) is 1. The number of carbonyl (C=O) groups is 1. The van der Waals surface area contributed by atoms with Gasteiger partial charge in [-0.25, -0.2) is 0 Å². The van der Waals surface area contributed by atoms with Crippen molar-refractivity contribution in [3.63, 3.8) is 0 Å². The molecule has 8 heteroatoms. The van der Waals surface area contributed by atoms with Crippen molar-refractivity contribution in [2.24, 2.45) is 0 Å². The van der Waals surface area contributed by atoms with Crippen LogP contribution in [0.4, 0.5) is 5.69 Å². The van der Waals surface area contributed by atoms with E-state index < -0.39 is 5.97 Å². The highest BCUT2D eigenvalue weighted by Crippen LogP contribution is 2.26. The number of unbranched alkanes of at least 4 members (excludes halogenated alkanes) is 11. The van der Waals surface area contributed by atoms with Crippen molar-refractivity contribution >= 4 is 11.7 Å². The summed E-state index contributed by atoms with van der Waals surface area (Å²) in [5.74, 6) is -0.939. The maximum absolute atomic E-state index is 11.0. The molecule has 0 fully saturated rings. The van der Waals surface area contributed by atoms with Gasteiger partial charge in [0.15, 0.2) is 0 Å². The van der Waals surface area contributed by atoms with Crippen molar-refractivity contribution < 1.29 is 20.1 Å². The smallest absolute Gasteiger partial charge is 0.270 e.